The van der Waals surface area contributed by atoms with Crippen LogP contribution in [0, 0.1) is 0 Å². The van der Waals surface area contributed by atoms with Crippen LogP contribution < -0.4 is 0 Å². The normalized spacial score (nSPS) is 17.5. The van der Waals surface area contributed by atoms with Gasteiger partial charge in [-0.15, -0.1) is 0 Å². The maximum absolute atomic E-state index is 12.2. The van der Waals surface area contributed by atoms with E-state index < -0.39 is 21.8 Å². The van der Waals surface area contributed by atoms with Crippen molar-refractivity contribution in [2.45, 2.75) is 0 Å². The molecule has 0 spiro atoms. The first-order valence-corrected chi connectivity index (χ1v) is 8.73. The van der Waals surface area contributed by atoms with E-state index in [0.29, 0.717) is 5.56 Å². The van der Waals surface area contributed by atoms with E-state index in [1.807, 2.05) is 0 Å². The summed E-state index contributed by atoms with van der Waals surface area (Å²) < 4.78 is 30.4. The van der Waals surface area contributed by atoms with Crippen molar-refractivity contribution in [3.05, 3.63) is 28.7 Å². The maximum Gasteiger partial charge on any atom is 0.266 e. The molecule has 22 heavy (non-hydrogen) atoms. The molecule has 3 N–H and O–H groups in total. The monoisotopic (exact) mass is 361 g/mol. The molecule has 1 aromatic rings. The number of hydrogen-bond acceptors (Lipinski definition) is 7. The van der Waals surface area contributed by atoms with Gasteiger partial charge in [-0.2, -0.15) is 8.42 Å². The van der Waals surface area contributed by atoms with Gasteiger partial charge in [-0.25, -0.2) is 0 Å². The van der Waals surface area contributed by atoms with E-state index in [1.54, 1.807) is 0 Å². The molecule has 7 nitrogen and oxygen atoms in total. The molecule has 1 aliphatic rings. The number of nitrogens with zero attached hydrogens (tertiary/aromatic N) is 1. The van der Waals surface area contributed by atoms with Crippen LogP contribution in [0.4, 0.5) is 0 Å². The summed E-state index contributed by atoms with van der Waals surface area (Å²) in [5.74, 6) is -1.69. The van der Waals surface area contributed by atoms with Crippen molar-refractivity contribution in [1.82, 2.24) is 4.90 Å². The minimum absolute atomic E-state index is 0.183. The Bertz CT molecular complexity index is 771. The van der Waals surface area contributed by atoms with Gasteiger partial charge in [-0.05, 0) is 23.8 Å². The summed E-state index contributed by atoms with van der Waals surface area (Å²) in [7, 11) is -4.19. The van der Waals surface area contributed by atoms with Gasteiger partial charge < -0.3 is 10.2 Å². The van der Waals surface area contributed by atoms with Crippen LogP contribution in [0.2, 0.25) is 0 Å². The molecule has 1 amide bonds. The Hall–Kier alpha value is -1.62. The zero-order valence-corrected chi connectivity index (χ0v) is 13.4. The molecule has 0 aliphatic carbocycles. The van der Waals surface area contributed by atoms with Crippen molar-refractivity contribution in [3.63, 3.8) is 0 Å². The van der Waals surface area contributed by atoms with Crippen LogP contribution in [-0.4, -0.2) is 50.6 Å². The Labute approximate surface area is 136 Å². The van der Waals surface area contributed by atoms with Crippen LogP contribution >= 0.6 is 24.0 Å². The standard InChI is InChI=1S/C12H11NO6S3/c14-8-2-1-7(5-9(8)15)6-10-11(16)13(12(20)21-10)3-4-22(17,18)19/h1-2,5-6,14-15H,3-4H2,(H,17,18,19). The molecule has 118 valence electrons. The molecule has 0 aromatic heterocycles. The van der Waals surface area contributed by atoms with Gasteiger partial charge in [0.15, 0.2) is 11.5 Å². The largest absolute Gasteiger partial charge is 0.504 e. The minimum Gasteiger partial charge on any atom is -0.504 e. The van der Waals surface area contributed by atoms with E-state index in [9.17, 15) is 23.4 Å². The Kier molecular flexibility index (Phi) is 4.75. The molecule has 0 radical (unpaired) electrons. The van der Waals surface area contributed by atoms with Gasteiger partial charge in [0, 0.05) is 6.54 Å². The van der Waals surface area contributed by atoms with Gasteiger partial charge in [0.05, 0.1) is 10.7 Å². The van der Waals surface area contributed by atoms with Crippen molar-refractivity contribution in [2.75, 3.05) is 12.3 Å². The predicted octanol–water partition coefficient (Wildman–Crippen LogP) is 1.19. The maximum atomic E-state index is 12.2. The van der Waals surface area contributed by atoms with Crippen molar-refractivity contribution in [2.24, 2.45) is 0 Å². The average Bonchev–Trinajstić information content (AvgIpc) is 2.66. The van der Waals surface area contributed by atoms with E-state index in [1.165, 1.54) is 24.3 Å². The molecule has 0 atom stereocenters. The molecular formula is C12H11NO6S3. The number of amides is 1. The van der Waals surface area contributed by atoms with Crippen molar-refractivity contribution in [3.8, 4) is 11.5 Å². The average molecular weight is 361 g/mol. The third kappa shape index (κ3) is 3.97. The first kappa shape index (κ1) is 16.7. The number of thiocarbonyl (C=S) groups is 1. The number of aromatic hydroxyl groups is 2. The zero-order chi connectivity index (χ0) is 16.5. The molecule has 1 saturated heterocycles. The van der Waals surface area contributed by atoms with Gasteiger partial charge in [0.25, 0.3) is 16.0 Å². The summed E-state index contributed by atoms with van der Waals surface area (Å²) in [6.45, 7) is -0.234. The fourth-order valence-corrected chi connectivity index (χ4v) is 3.40. The van der Waals surface area contributed by atoms with Crippen molar-refractivity contribution < 1.29 is 28.0 Å². The SMILES string of the molecule is O=C1C(=Cc2ccc(O)c(O)c2)SC(=S)N1CCS(=O)(=O)O. The summed E-state index contributed by atoms with van der Waals surface area (Å²) in [4.78, 5) is 13.5. The molecule has 2 rings (SSSR count). The highest BCUT2D eigenvalue weighted by atomic mass is 32.2. The lowest BCUT2D eigenvalue weighted by atomic mass is 10.2. The van der Waals surface area contributed by atoms with Crippen LogP contribution in [0.1, 0.15) is 5.56 Å². The third-order valence-electron chi connectivity index (χ3n) is 2.74. The first-order chi connectivity index (χ1) is 10.2. The Morgan fingerprint density at radius 1 is 1.27 bits per heavy atom. The van der Waals surface area contributed by atoms with Crippen LogP contribution in [0.3, 0.4) is 0 Å². The number of phenols is 2. The zero-order valence-electron chi connectivity index (χ0n) is 11.0. The fourth-order valence-electron chi connectivity index (χ4n) is 1.68. The molecule has 0 saturated carbocycles. The lowest BCUT2D eigenvalue weighted by Crippen LogP contribution is -2.32. The van der Waals surface area contributed by atoms with Crippen LogP contribution in [-0.2, 0) is 14.9 Å². The molecule has 1 aromatic carbocycles. The lowest BCUT2D eigenvalue weighted by molar-refractivity contribution is -0.121. The van der Waals surface area contributed by atoms with Crippen molar-refractivity contribution in [1.29, 1.82) is 0 Å². The molecule has 0 unspecified atom stereocenters. The van der Waals surface area contributed by atoms with Gasteiger partial charge in [0.2, 0.25) is 0 Å². The van der Waals surface area contributed by atoms with Crippen molar-refractivity contribution >= 4 is 50.4 Å². The molecule has 10 heteroatoms. The summed E-state index contributed by atoms with van der Waals surface area (Å²) in [5.41, 5.74) is 0.477. The van der Waals surface area contributed by atoms with Crippen LogP contribution in [0.15, 0.2) is 23.1 Å². The van der Waals surface area contributed by atoms with E-state index in [2.05, 4.69) is 0 Å². The van der Waals surface area contributed by atoms with Crippen LogP contribution in [0.5, 0.6) is 11.5 Å². The van der Waals surface area contributed by atoms with E-state index in [0.717, 1.165) is 16.7 Å². The quantitative estimate of drug-likeness (QED) is 0.317. The van der Waals surface area contributed by atoms with Gasteiger partial charge >= 0.3 is 0 Å². The van der Waals surface area contributed by atoms with Gasteiger partial charge in [-0.1, -0.05) is 30.0 Å². The smallest absolute Gasteiger partial charge is 0.266 e. The summed E-state index contributed by atoms with van der Waals surface area (Å²) in [6.07, 6.45) is 1.46. The highest BCUT2D eigenvalue weighted by molar-refractivity contribution is 8.26. The second-order valence-electron chi connectivity index (χ2n) is 4.37. The summed E-state index contributed by atoms with van der Waals surface area (Å²) >= 11 is 5.99. The second-order valence-corrected chi connectivity index (χ2v) is 7.62. The van der Waals surface area contributed by atoms with Gasteiger partial charge in [0.1, 0.15) is 4.32 Å². The molecule has 1 aliphatic heterocycles. The molecular weight excluding hydrogens is 350 g/mol. The fraction of sp³-hybridized carbons (Fsp3) is 0.167. The number of phenolic OH excluding ortho intramolecular Hbond substituents is 2. The predicted molar refractivity (Wildman–Crippen MR) is 86.1 cm³/mol. The Morgan fingerprint density at radius 2 is 1.95 bits per heavy atom. The molecule has 0 bridgehead atoms. The first-order valence-electron chi connectivity index (χ1n) is 5.90. The number of carbonyl (C=O) groups is 1. The van der Waals surface area contributed by atoms with Gasteiger partial charge in [-0.3, -0.25) is 14.2 Å². The number of carbonyl (C=O) groups excluding carboxylic acids is 1. The summed E-state index contributed by atoms with van der Waals surface area (Å²) in [6, 6.07) is 4.06. The number of rotatable bonds is 4. The lowest BCUT2D eigenvalue weighted by Gasteiger charge is -2.12. The van der Waals surface area contributed by atoms with E-state index >= 15 is 0 Å². The third-order valence-corrected chi connectivity index (χ3v) is 4.82. The second kappa shape index (κ2) is 6.24. The topological polar surface area (TPSA) is 115 Å². The minimum atomic E-state index is -4.19. The Morgan fingerprint density at radius 3 is 2.55 bits per heavy atom. The number of thioether (sulfide) groups is 1. The molecule has 1 heterocycles. The highest BCUT2D eigenvalue weighted by Crippen LogP contribution is 2.33. The van der Waals surface area contributed by atoms with E-state index in [4.69, 9.17) is 16.8 Å². The summed E-state index contributed by atoms with van der Waals surface area (Å²) in [5, 5.41) is 18.7. The number of benzene rings is 1. The van der Waals surface area contributed by atoms with E-state index in [-0.39, 0.29) is 27.3 Å². The highest BCUT2D eigenvalue weighted by Gasteiger charge is 2.32. The molecule has 1 fully saturated rings. The van der Waals surface area contributed by atoms with Crippen LogP contribution in [0.25, 0.3) is 6.08 Å². The Balaban J connectivity index is 2.20. The number of hydrogen-bond donors (Lipinski definition) is 3.